The number of methoxy groups -OCH3 is 1. The van der Waals surface area contributed by atoms with Crippen LogP contribution in [0.3, 0.4) is 0 Å². The Kier molecular flexibility index (Phi) is 3.85. The molecule has 1 rings (SSSR count). The summed E-state index contributed by atoms with van der Waals surface area (Å²) < 4.78 is 44.7. The zero-order chi connectivity index (χ0) is 12.3. The van der Waals surface area contributed by atoms with Crippen LogP contribution in [-0.2, 0) is 5.88 Å². The third-order valence-corrected chi connectivity index (χ3v) is 2.20. The first-order chi connectivity index (χ1) is 7.39. The highest BCUT2D eigenvalue weighted by Crippen LogP contribution is 2.31. The van der Waals surface area contributed by atoms with Crippen molar-refractivity contribution in [2.45, 2.75) is 19.2 Å². The number of hydrogen-bond acceptors (Lipinski definition) is 3. The lowest BCUT2D eigenvalue weighted by atomic mass is 10.1. The molecule has 0 spiro atoms. The Morgan fingerprint density at radius 3 is 2.50 bits per heavy atom. The lowest BCUT2D eigenvalue weighted by Gasteiger charge is -2.14. The number of ether oxygens (including phenoxy) is 2. The second-order valence-corrected chi connectivity index (χ2v) is 3.18. The molecule has 0 aromatic carbocycles. The quantitative estimate of drug-likeness (QED) is 0.778. The molecular weight excluding hydrogens is 247 g/mol. The average Bonchev–Trinajstić information content (AvgIpc) is 2.19. The first-order valence-corrected chi connectivity index (χ1v) is 4.76. The van der Waals surface area contributed by atoms with Gasteiger partial charge in [0, 0.05) is 11.1 Å². The summed E-state index contributed by atoms with van der Waals surface area (Å²) in [7, 11) is 1.39. The molecule has 0 atom stereocenters. The van der Waals surface area contributed by atoms with E-state index in [0.717, 1.165) is 6.20 Å². The predicted molar refractivity (Wildman–Crippen MR) is 51.8 cm³/mol. The fourth-order valence-electron chi connectivity index (χ4n) is 1.16. The van der Waals surface area contributed by atoms with Crippen LogP contribution in [-0.4, -0.2) is 18.5 Å². The average molecular weight is 256 g/mol. The number of halogens is 4. The number of aromatic nitrogens is 1. The van der Waals surface area contributed by atoms with Crippen LogP contribution in [0.15, 0.2) is 6.20 Å². The Balaban J connectivity index is 3.14. The van der Waals surface area contributed by atoms with E-state index < -0.39 is 12.2 Å². The fourth-order valence-corrected chi connectivity index (χ4v) is 1.49. The summed E-state index contributed by atoms with van der Waals surface area (Å²) in [6.07, 6.45) is -3.62. The summed E-state index contributed by atoms with van der Waals surface area (Å²) in [5.41, 5.74) is 0.644. The van der Waals surface area contributed by atoms with Crippen molar-refractivity contribution in [3.8, 4) is 11.6 Å². The summed E-state index contributed by atoms with van der Waals surface area (Å²) in [5.74, 6) is -0.155. The van der Waals surface area contributed by atoms with E-state index in [1.807, 2.05) is 0 Å². The summed E-state index contributed by atoms with van der Waals surface area (Å²) in [6.45, 7) is 1.44. The summed E-state index contributed by atoms with van der Waals surface area (Å²) in [5, 5.41) is 0. The Labute approximate surface area is 95.1 Å². The minimum Gasteiger partial charge on any atom is -0.495 e. The minimum atomic E-state index is -4.77. The molecule has 0 radical (unpaired) electrons. The topological polar surface area (TPSA) is 31.4 Å². The number of alkyl halides is 4. The Morgan fingerprint density at radius 1 is 1.44 bits per heavy atom. The van der Waals surface area contributed by atoms with Crippen LogP contribution in [0.4, 0.5) is 13.2 Å². The molecule has 0 fully saturated rings. The van der Waals surface area contributed by atoms with Gasteiger partial charge in [-0.05, 0) is 6.92 Å². The van der Waals surface area contributed by atoms with Gasteiger partial charge in [0.2, 0.25) is 5.88 Å². The molecule has 0 unspecified atom stereocenters. The third-order valence-electron chi connectivity index (χ3n) is 1.94. The number of hydrogen-bond donors (Lipinski definition) is 0. The molecule has 0 amide bonds. The number of rotatable bonds is 3. The van der Waals surface area contributed by atoms with Crippen molar-refractivity contribution < 1.29 is 22.6 Å². The third kappa shape index (κ3) is 2.91. The predicted octanol–water partition coefficient (Wildman–Crippen LogP) is 3.04. The normalized spacial score (nSPS) is 11.4. The van der Waals surface area contributed by atoms with E-state index in [1.54, 1.807) is 0 Å². The van der Waals surface area contributed by atoms with E-state index in [9.17, 15) is 13.2 Å². The van der Waals surface area contributed by atoms with Gasteiger partial charge in [-0.25, -0.2) is 4.98 Å². The van der Waals surface area contributed by atoms with Crippen molar-refractivity contribution in [2.24, 2.45) is 0 Å². The van der Waals surface area contributed by atoms with Crippen LogP contribution < -0.4 is 9.47 Å². The summed E-state index contributed by atoms with van der Waals surface area (Å²) in [4.78, 5) is 3.52. The maximum Gasteiger partial charge on any atom is 0.574 e. The smallest absolute Gasteiger partial charge is 0.495 e. The van der Waals surface area contributed by atoms with Gasteiger partial charge in [0.15, 0.2) is 0 Å². The molecule has 1 aromatic rings. The van der Waals surface area contributed by atoms with Gasteiger partial charge in [-0.15, -0.1) is 24.8 Å². The van der Waals surface area contributed by atoms with Crippen LogP contribution in [0.25, 0.3) is 0 Å². The minimum absolute atomic E-state index is 0.0196. The van der Waals surface area contributed by atoms with Crippen LogP contribution in [0.1, 0.15) is 11.1 Å². The van der Waals surface area contributed by atoms with Crippen LogP contribution in [0, 0.1) is 6.92 Å². The molecule has 1 heterocycles. The van der Waals surface area contributed by atoms with Gasteiger partial charge < -0.3 is 9.47 Å². The summed E-state index contributed by atoms with van der Waals surface area (Å²) >= 11 is 5.61. The number of pyridine rings is 1. The molecule has 0 aliphatic heterocycles. The van der Waals surface area contributed by atoms with Crippen molar-refractivity contribution >= 4 is 11.6 Å². The Bertz CT molecular complexity index is 382. The highest BCUT2D eigenvalue weighted by Gasteiger charge is 2.33. The van der Waals surface area contributed by atoms with Gasteiger partial charge >= 0.3 is 6.36 Å². The van der Waals surface area contributed by atoms with E-state index >= 15 is 0 Å². The van der Waals surface area contributed by atoms with Crippen molar-refractivity contribution in [2.75, 3.05) is 7.11 Å². The van der Waals surface area contributed by atoms with Gasteiger partial charge in [-0.2, -0.15) is 0 Å². The first-order valence-electron chi connectivity index (χ1n) is 4.23. The second-order valence-electron chi connectivity index (χ2n) is 2.92. The van der Waals surface area contributed by atoms with E-state index in [2.05, 4.69) is 9.72 Å². The lowest BCUT2D eigenvalue weighted by molar-refractivity contribution is -0.276. The van der Waals surface area contributed by atoms with Crippen molar-refractivity contribution in [1.29, 1.82) is 0 Å². The van der Waals surface area contributed by atoms with Crippen LogP contribution in [0.2, 0.25) is 0 Å². The highest BCUT2D eigenvalue weighted by molar-refractivity contribution is 6.17. The maximum atomic E-state index is 12.0. The molecule has 3 nitrogen and oxygen atoms in total. The van der Waals surface area contributed by atoms with Gasteiger partial charge in [-0.1, -0.05) is 0 Å². The Morgan fingerprint density at radius 2 is 2.06 bits per heavy atom. The summed E-state index contributed by atoms with van der Waals surface area (Å²) in [6, 6.07) is 0. The molecule has 7 heteroatoms. The Hall–Kier alpha value is -1.17. The first kappa shape index (κ1) is 12.9. The molecule has 0 bridgehead atoms. The SMILES string of the molecule is COc1cnc(OC(F)(F)F)c(C)c1CCl. The zero-order valence-electron chi connectivity index (χ0n) is 8.56. The molecule has 0 aliphatic carbocycles. The molecule has 0 aliphatic rings. The molecule has 0 saturated heterocycles. The van der Waals surface area contributed by atoms with Gasteiger partial charge in [-0.3, -0.25) is 0 Å². The van der Waals surface area contributed by atoms with E-state index in [4.69, 9.17) is 16.3 Å². The molecule has 0 N–H and O–H groups in total. The van der Waals surface area contributed by atoms with Gasteiger partial charge in [0.05, 0.1) is 19.2 Å². The highest BCUT2D eigenvalue weighted by atomic mass is 35.5. The van der Waals surface area contributed by atoms with Crippen molar-refractivity contribution in [1.82, 2.24) is 4.98 Å². The number of nitrogens with zero attached hydrogens (tertiary/aromatic N) is 1. The van der Waals surface area contributed by atoms with Gasteiger partial charge in [0.1, 0.15) is 5.75 Å². The van der Waals surface area contributed by atoms with Crippen molar-refractivity contribution in [3.63, 3.8) is 0 Å². The van der Waals surface area contributed by atoms with E-state index in [0.29, 0.717) is 11.3 Å². The van der Waals surface area contributed by atoms with Crippen LogP contribution in [0.5, 0.6) is 11.6 Å². The largest absolute Gasteiger partial charge is 0.574 e. The zero-order valence-corrected chi connectivity index (χ0v) is 9.32. The molecular formula is C9H9ClF3NO2. The van der Waals surface area contributed by atoms with Gasteiger partial charge in [0.25, 0.3) is 0 Å². The second kappa shape index (κ2) is 4.78. The fraction of sp³-hybridized carbons (Fsp3) is 0.444. The van der Waals surface area contributed by atoms with E-state index in [-0.39, 0.29) is 11.4 Å². The van der Waals surface area contributed by atoms with Crippen molar-refractivity contribution in [3.05, 3.63) is 17.3 Å². The molecule has 90 valence electrons. The van der Waals surface area contributed by atoms with Crippen LogP contribution >= 0.6 is 11.6 Å². The molecule has 16 heavy (non-hydrogen) atoms. The van der Waals surface area contributed by atoms with E-state index in [1.165, 1.54) is 14.0 Å². The molecule has 0 saturated carbocycles. The standard InChI is InChI=1S/C9H9ClF3NO2/c1-5-6(3-10)7(15-2)4-14-8(5)16-9(11,12)13/h4H,3H2,1-2H3. The molecule has 1 aromatic heterocycles. The lowest BCUT2D eigenvalue weighted by Crippen LogP contribution is -2.19. The maximum absolute atomic E-state index is 12.0. The monoisotopic (exact) mass is 255 g/mol.